The molecule has 1 atom stereocenters. The minimum absolute atomic E-state index is 0.208. The van der Waals surface area contributed by atoms with Crippen LogP contribution < -0.4 is 11.1 Å². The summed E-state index contributed by atoms with van der Waals surface area (Å²) in [7, 11) is -3.23. The van der Waals surface area contributed by atoms with E-state index in [0.717, 1.165) is 6.26 Å². The summed E-state index contributed by atoms with van der Waals surface area (Å²) in [4.78, 5) is 0.208. The second-order valence-corrected chi connectivity index (χ2v) is 6.31. The third kappa shape index (κ3) is 4.19. The van der Waals surface area contributed by atoms with Crippen molar-refractivity contribution in [2.24, 2.45) is 0 Å². The van der Waals surface area contributed by atoms with Gasteiger partial charge in [-0.1, -0.05) is 6.92 Å². The maximum atomic E-state index is 11.3. The van der Waals surface area contributed by atoms with Gasteiger partial charge in [0.2, 0.25) is 0 Å². The number of sulfone groups is 1. The summed E-state index contributed by atoms with van der Waals surface area (Å²) >= 11 is 0. The molecule has 0 aromatic heterocycles. The molecule has 0 spiro atoms. The van der Waals surface area contributed by atoms with Crippen LogP contribution in [-0.2, 0) is 9.84 Å². The first-order valence-electron chi connectivity index (χ1n) is 5.86. The van der Waals surface area contributed by atoms with Crippen LogP contribution in [0.15, 0.2) is 23.1 Å². The molecule has 0 radical (unpaired) electrons. The molecule has 0 aliphatic rings. The third-order valence-electron chi connectivity index (χ3n) is 2.72. The minimum atomic E-state index is -3.23. The Labute approximate surface area is 108 Å². The molecule has 0 amide bonds. The fourth-order valence-electron chi connectivity index (χ4n) is 1.51. The molecule has 0 bridgehead atoms. The predicted octanol–water partition coefficient (Wildman–Crippen LogP) is 1.25. The predicted molar refractivity (Wildman–Crippen MR) is 73.4 cm³/mol. The summed E-state index contributed by atoms with van der Waals surface area (Å²) in [5.41, 5.74) is 6.86. The third-order valence-corrected chi connectivity index (χ3v) is 3.83. The lowest BCUT2D eigenvalue weighted by Crippen LogP contribution is -2.13. The van der Waals surface area contributed by atoms with Gasteiger partial charge in [0.05, 0.1) is 22.4 Å². The maximum Gasteiger partial charge on any atom is 0.175 e. The second kappa shape index (κ2) is 6.06. The molecule has 18 heavy (non-hydrogen) atoms. The molecule has 0 aliphatic carbocycles. The Morgan fingerprint density at radius 2 is 2.11 bits per heavy atom. The molecule has 1 unspecified atom stereocenters. The van der Waals surface area contributed by atoms with E-state index in [2.05, 4.69) is 5.32 Å². The van der Waals surface area contributed by atoms with Gasteiger partial charge in [0.25, 0.3) is 0 Å². The summed E-state index contributed by atoms with van der Waals surface area (Å²) in [5.74, 6) is 0. The molecule has 0 heterocycles. The van der Waals surface area contributed by atoms with E-state index in [-0.39, 0.29) is 11.0 Å². The van der Waals surface area contributed by atoms with Crippen molar-refractivity contribution < 1.29 is 13.5 Å². The number of hydrogen-bond acceptors (Lipinski definition) is 5. The van der Waals surface area contributed by atoms with Crippen LogP contribution in [0.4, 0.5) is 11.4 Å². The second-order valence-electron chi connectivity index (χ2n) is 4.30. The zero-order valence-electron chi connectivity index (χ0n) is 10.7. The van der Waals surface area contributed by atoms with Crippen molar-refractivity contribution >= 4 is 21.2 Å². The monoisotopic (exact) mass is 272 g/mol. The molecule has 102 valence electrons. The van der Waals surface area contributed by atoms with Crippen LogP contribution in [0.5, 0.6) is 0 Å². The van der Waals surface area contributed by atoms with E-state index < -0.39 is 9.84 Å². The van der Waals surface area contributed by atoms with Gasteiger partial charge in [-0.2, -0.15) is 0 Å². The fraction of sp³-hybridized carbons (Fsp3) is 0.500. The molecule has 6 heteroatoms. The van der Waals surface area contributed by atoms with Crippen LogP contribution in [0.1, 0.15) is 19.8 Å². The van der Waals surface area contributed by atoms with Gasteiger partial charge in [0.1, 0.15) is 0 Å². The zero-order chi connectivity index (χ0) is 13.8. The van der Waals surface area contributed by atoms with Crippen molar-refractivity contribution in [3.63, 3.8) is 0 Å². The number of rotatable bonds is 6. The van der Waals surface area contributed by atoms with Gasteiger partial charge in [-0.3, -0.25) is 0 Å². The molecule has 1 aromatic carbocycles. The first-order valence-corrected chi connectivity index (χ1v) is 7.75. The summed E-state index contributed by atoms with van der Waals surface area (Å²) < 4.78 is 22.7. The number of nitrogens with one attached hydrogen (secondary N) is 1. The largest absolute Gasteiger partial charge is 0.397 e. The van der Waals surface area contributed by atoms with Crippen LogP contribution in [0, 0.1) is 0 Å². The van der Waals surface area contributed by atoms with E-state index in [1.807, 2.05) is 6.92 Å². The lowest BCUT2D eigenvalue weighted by Gasteiger charge is -2.12. The van der Waals surface area contributed by atoms with E-state index in [1.165, 1.54) is 12.1 Å². The van der Waals surface area contributed by atoms with Crippen LogP contribution >= 0.6 is 0 Å². The number of anilines is 2. The minimum Gasteiger partial charge on any atom is -0.397 e. The van der Waals surface area contributed by atoms with E-state index in [1.54, 1.807) is 6.07 Å². The highest BCUT2D eigenvalue weighted by molar-refractivity contribution is 7.90. The normalized spacial score (nSPS) is 13.3. The van der Waals surface area contributed by atoms with Crippen molar-refractivity contribution in [1.29, 1.82) is 0 Å². The summed E-state index contributed by atoms with van der Waals surface area (Å²) in [6, 6.07) is 4.60. The Hall–Kier alpha value is -1.27. The van der Waals surface area contributed by atoms with Crippen LogP contribution in [0.2, 0.25) is 0 Å². The molecule has 0 saturated carbocycles. The van der Waals surface area contributed by atoms with Crippen molar-refractivity contribution in [2.45, 2.75) is 30.8 Å². The summed E-state index contributed by atoms with van der Waals surface area (Å²) in [6.45, 7) is 2.51. The number of aliphatic hydroxyl groups is 1. The van der Waals surface area contributed by atoms with Gasteiger partial charge in [-0.25, -0.2) is 8.42 Å². The quantitative estimate of drug-likeness (QED) is 0.678. The molecule has 1 rings (SSSR count). The molecular formula is C12H20N2O3S. The van der Waals surface area contributed by atoms with Gasteiger partial charge in [-0.05, 0) is 31.0 Å². The fourth-order valence-corrected chi connectivity index (χ4v) is 2.17. The average Bonchev–Trinajstić information content (AvgIpc) is 2.29. The molecule has 0 aliphatic heterocycles. The van der Waals surface area contributed by atoms with Crippen LogP contribution in [0.3, 0.4) is 0 Å². The standard InChI is InChI=1S/C12H20N2O3S/c1-3-9(15)6-7-14-12-5-4-10(8-11(12)13)18(2,16)17/h4-5,8-9,14-15H,3,6-7,13H2,1-2H3. The molecule has 4 N–H and O–H groups in total. The highest BCUT2D eigenvalue weighted by atomic mass is 32.2. The molecule has 1 aromatic rings. The van der Waals surface area contributed by atoms with Gasteiger partial charge >= 0.3 is 0 Å². The smallest absolute Gasteiger partial charge is 0.175 e. The van der Waals surface area contributed by atoms with E-state index in [4.69, 9.17) is 5.73 Å². The SMILES string of the molecule is CCC(O)CCNc1ccc(S(C)(=O)=O)cc1N. The Morgan fingerprint density at radius 3 is 2.61 bits per heavy atom. The van der Waals surface area contributed by atoms with Gasteiger partial charge in [-0.15, -0.1) is 0 Å². The first-order chi connectivity index (χ1) is 8.34. The average molecular weight is 272 g/mol. The van der Waals surface area contributed by atoms with Crippen molar-refractivity contribution in [3.05, 3.63) is 18.2 Å². The maximum absolute atomic E-state index is 11.3. The molecule has 5 nitrogen and oxygen atoms in total. The van der Waals surface area contributed by atoms with E-state index in [9.17, 15) is 13.5 Å². The Bertz CT molecular complexity index is 500. The van der Waals surface area contributed by atoms with Crippen LogP contribution in [-0.4, -0.2) is 32.4 Å². The number of benzene rings is 1. The number of nitrogens with two attached hydrogens (primary N) is 1. The Kier molecular flexibility index (Phi) is 4.98. The lowest BCUT2D eigenvalue weighted by atomic mass is 10.2. The topological polar surface area (TPSA) is 92.4 Å². The highest BCUT2D eigenvalue weighted by Crippen LogP contribution is 2.22. The van der Waals surface area contributed by atoms with Crippen LogP contribution in [0.25, 0.3) is 0 Å². The Balaban J connectivity index is 2.69. The molecule has 0 fully saturated rings. The van der Waals surface area contributed by atoms with Gasteiger partial charge in [0.15, 0.2) is 9.84 Å². The summed E-state index contributed by atoms with van der Waals surface area (Å²) in [5, 5.41) is 12.5. The molecular weight excluding hydrogens is 252 g/mol. The summed E-state index contributed by atoms with van der Waals surface area (Å²) in [6.07, 6.45) is 2.16. The van der Waals surface area contributed by atoms with Gasteiger partial charge in [0, 0.05) is 12.8 Å². The number of hydrogen-bond donors (Lipinski definition) is 3. The highest BCUT2D eigenvalue weighted by Gasteiger charge is 2.09. The van der Waals surface area contributed by atoms with E-state index >= 15 is 0 Å². The van der Waals surface area contributed by atoms with E-state index in [0.29, 0.717) is 30.8 Å². The van der Waals surface area contributed by atoms with Crippen molar-refractivity contribution in [2.75, 3.05) is 23.9 Å². The first kappa shape index (κ1) is 14.8. The van der Waals surface area contributed by atoms with Gasteiger partial charge < -0.3 is 16.2 Å². The Morgan fingerprint density at radius 1 is 1.44 bits per heavy atom. The molecule has 0 saturated heterocycles. The zero-order valence-corrected chi connectivity index (χ0v) is 11.5. The number of aliphatic hydroxyl groups excluding tert-OH is 1. The lowest BCUT2D eigenvalue weighted by molar-refractivity contribution is 0.164. The van der Waals surface area contributed by atoms with Crippen molar-refractivity contribution in [1.82, 2.24) is 0 Å². The van der Waals surface area contributed by atoms with Crippen molar-refractivity contribution in [3.8, 4) is 0 Å². The number of nitrogen functional groups attached to an aromatic ring is 1.